The molecule has 1 fully saturated rings. The second-order valence-corrected chi connectivity index (χ2v) is 8.34. The maximum atomic E-state index is 12.2. The lowest BCUT2D eigenvalue weighted by Crippen LogP contribution is -2.43. The van der Waals surface area contributed by atoms with Crippen LogP contribution in [0.25, 0.3) is 6.08 Å². The minimum atomic E-state index is -3.08. The molecule has 0 saturated carbocycles. The lowest BCUT2D eigenvalue weighted by molar-refractivity contribution is -0.149. The molecule has 0 aromatic heterocycles. The fourth-order valence-corrected chi connectivity index (χ4v) is 4.62. The number of halogens is 1. The number of nitrogens with zero attached hydrogens (tertiary/aromatic N) is 1. The zero-order chi connectivity index (χ0) is 18.4. The maximum absolute atomic E-state index is 12.2. The summed E-state index contributed by atoms with van der Waals surface area (Å²) in [5.74, 6) is -1.01. The fourth-order valence-electron chi connectivity index (χ4n) is 2.69. The van der Waals surface area contributed by atoms with Crippen LogP contribution in [0.1, 0.15) is 18.9 Å². The SMILES string of the molecule is CCN(C(=O)COC(=O)/C=C/c1ccccc1Cl)[C@@H]1CCS(=O)(=O)C1. The van der Waals surface area contributed by atoms with Crippen LogP contribution < -0.4 is 0 Å². The average molecular weight is 386 g/mol. The quantitative estimate of drug-likeness (QED) is 0.552. The van der Waals surface area contributed by atoms with Crippen LogP contribution in [-0.4, -0.2) is 55.9 Å². The summed E-state index contributed by atoms with van der Waals surface area (Å²) in [6, 6.07) is 6.66. The van der Waals surface area contributed by atoms with Gasteiger partial charge in [-0.2, -0.15) is 0 Å². The second kappa shape index (κ2) is 8.49. The van der Waals surface area contributed by atoms with E-state index < -0.39 is 28.3 Å². The summed E-state index contributed by atoms with van der Waals surface area (Å²) in [6.07, 6.45) is 3.13. The van der Waals surface area contributed by atoms with Gasteiger partial charge >= 0.3 is 5.97 Å². The molecule has 1 atom stereocenters. The van der Waals surface area contributed by atoms with Crippen LogP contribution in [0, 0.1) is 0 Å². The van der Waals surface area contributed by atoms with Crippen molar-refractivity contribution in [3.8, 4) is 0 Å². The lowest BCUT2D eigenvalue weighted by atomic mass is 10.2. The van der Waals surface area contributed by atoms with Gasteiger partial charge in [-0.15, -0.1) is 0 Å². The Morgan fingerprint density at radius 3 is 2.68 bits per heavy atom. The Balaban J connectivity index is 1.88. The summed E-state index contributed by atoms with van der Waals surface area (Å²) in [5.41, 5.74) is 0.666. The first-order valence-electron chi connectivity index (χ1n) is 7.91. The van der Waals surface area contributed by atoms with E-state index in [4.69, 9.17) is 16.3 Å². The third-order valence-corrected chi connectivity index (χ3v) is 6.05. The molecule has 1 saturated heterocycles. The molecule has 6 nitrogen and oxygen atoms in total. The van der Waals surface area contributed by atoms with E-state index in [2.05, 4.69) is 0 Å². The molecule has 25 heavy (non-hydrogen) atoms. The summed E-state index contributed by atoms with van der Waals surface area (Å²) in [7, 11) is -3.08. The van der Waals surface area contributed by atoms with Crippen molar-refractivity contribution in [3.63, 3.8) is 0 Å². The van der Waals surface area contributed by atoms with Gasteiger partial charge in [0.2, 0.25) is 0 Å². The Bertz CT molecular complexity index is 775. The largest absolute Gasteiger partial charge is 0.452 e. The number of likely N-dealkylation sites (N-methyl/N-ethyl adjacent to an activating group) is 1. The third kappa shape index (κ3) is 5.57. The van der Waals surface area contributed by atoms with E-state index in [1.807, 2.05) is 0 Å². The van der Waals surface area contributed by atoms with Gasteiger partial charge in [-0.1, -0.05) is 29.8 Å². The predicted molar refractivity (Wildman–Crippen MR) is 95.9 cm³/mol. The lowest BCUT2D eigenvalue weighted by Gasteiger charge is -2.26. The van der Waals surface area contributed by atoms with Crippen molar-refractivity contribution in [2.75, 3.05) is 24.7 Å². The van der Waals surface area contributed by atoms with Crippen LogP contribution in [0.3, 0.4) is 0 Å². The van der Waals surface area contributed by atoms with Gasteiger partial charge in [0.1, 0.15) is 0 Å². The first kappa shape index (κ1) is 19.5. The van der Waals surface area contributed by atoms with Crippen LogP contribution in [-0.2, 0) is 24.2 Å². The molecule has 2 rings (SSSR count). The Hall–Kier alpha value is -1.86. The highest BCUT2D eigenvalue weighted by atomic mass is 35.5. The molecule has 1 heterocycles. The van der Waals surface area contributed by atoms with Gasteiger partial charge in [-0.05, 0) is 31.1 Å². The van der Waals surface area contributed by atoms with Gasteiger partial charge in [-0.3, -0.25) is 4.79 Å². The van der Waals surface area contributed by atoms with Crippen molar-refractivity contribution in [3.05, 3.63) is 40.9 Å². The third-order valence-electron chi connectivity index (χ3n) is 3.95. The van der Waals surface area contributed by atoms with E-state index in [9.17, 15) is 18.0 Å². The molecule has 1 amide bonds. The summed E-state index contributed by atoms with van der Waals surface area (Å²) in [5, 5.41) is 0.502. The summed E-state index contributed by atoms with van der Waals surface area (Å²) in [6.45, 7) is 1.71. The highest BCUT2D eigenvalue weighted by molar-refractivity contribution is 7.91. The zero-order valence-electron chi connectivity index (χ0n) is 13.9. The van der Waals surface area contributed by atoms with E-state index in [0.717, 1.165) is 0 Å². The van der Waals surface area contributed by atoms with E-state index >= 15 is 0 Å². The number of carbonyl (C=O) groups excluding carboxylic acids is 2. The van der Waals surface area contributed by atoms with Gasteiger partial charge in [0, 0.05) is 23.7 Å². The van der Waals surface area contributed by atoms with E-state index in [1.165, 1.54) is 17.1 Å². The van der Waals surface area contributed by atoms with Crippen molar-refractivity contribution in [2.45, 2.75) is 19.4 Å². The molecule has 1 aromatic rings. The summed E-state index contributed by atoms with van der Waals surface area (Å²) in [4.78, 5) is 25.4. The van der Waals surface area contributed by atoms with Crippen molar-refractivity contribution in [1.82, 2.24) is 4.90 Å². The number of amides is 1. The molecule has 1 aromatic carbocycles. The molecule has 0 radical (unpaired) electrons. The normalized spacial score (nSPS) is 19.0. The monoisotopic (exact) mass is 385 g/mol. The van der Waals surface area contributed by atoms with Crippen molar-refractivity contribution in [2.24, 2.45) is 0 Å². The highest BCUT2D eigenvalue weighted by Gasteiger charge is 2.34. The summed E-state index contributed by atoms with van der Waals surface area (Å²) < 4.78 is 28.1. The smallest absolute Gasteiger partial charge is 0.331 e. The van der Waals surface area contributed by atoms with Crippen LogP contribution in [0.4, 0.5) is 0 Å². The van der Waals surface area contributed by atoms with E-state index in [-0.39, 0.29) is 17.5 Å². The van der Waals surface area contributed by atoms with Gasteiger partial charge in [0.05, 0.1) is 11.5 Å². The average Bonchev–Trinajstić information content (AvgIpc) is 2.92. The van der Waals surface area contributed by atoms with Crippen molar-refractivity contribution in [1.29, 1.82) is 0 Å². The molecule has 8 heteroatoms. The number of hydrogen-bond donors (Lipinski definition) is 0. The molecular formula is C17H20ClNO5S. The minimum absolute atomic E-state index is 0.0348. The van der Waals surface area contributed by atoms with Crippen LogP contribution in [0.15, 0.2) is 30.3 Å². The fraction of sp³-hybridized carbons (Fsp3) is 0.412. The number of hydrogen-bond acceptors (Lipinski definition) is 5. The second-order valence-electron chi connectivity index (χ2n) is 5.70. The van der Waals surface area contributed by atoms with Crippen LogP contribution in [0.2, 0.25) is 5.02 Å². The number of rotatable bonds is 6. The topological polar surface area (TPSA) is 80.8 Å². The molecule has 0 spiro atoms. The van der Waals surface area contributed by atoms with Gasteiger partial charge in [0.15, 0.2) is 16.4 Å². The zero-order valence-corrected chi connectivity index (χ0v) is 15.4. The Kier molecular flexibility index (Phi) is 6.61. The van der Waals surface area contributed by atoms with Gasteiger partial charge in [0.25, 0.3) is 5.91 Å². The molecule has 0 N–H and O–H groups in total. The minimum Gasteiger partial charge on any atom is -0.452 e. The molecule has 0 aliphatic carbocycles. The number of ether oxygens (including phenoxy) is 1. The molecule has 136 valence electrons. The predicted octanol–water partition coefficient (Wildman–Crippen LogP) is 1.93. The first-order valence-corrected chi connectivity index (χ1v) is 10.1. The standard InChI is InChI=1S/C17H20ClNO5S/c1-2-19(14-9-10-25(22,23)12-14)16(20)11-24-17(21)8-7-13-5-3-4-6-15(13)18/h3-8,14H,2,9-12H2,1H3/b8-7+/t14-/m1/s1. The van der Waals surface area contributed by atoms with Crippen LogP contribution in [0.5, 0.6) is 0 Å². The molecule has 0 unspecified atom stereocenters. The van der Waals surface area contributed by atoms with Gasteiger partial charge in [-0.25, -0.2) is 13.2 Å². The number of esters is 1. The molecule has 1 aliphatic rings. The number of benzene rings is 1. The number of carbonyl (C=O) groups is 2. The van der Waals surface area contributed by atoms with E-state index in [0.29, 0.717) is 23.6 Å². The molecule has 1 aliphatic heterocycles. The molecule has 0 bridgehead atoms. The van der Waals surface area contributed by atoms with Gasteiger partial charge < -0.3 is 9.64 Å². The van der Waals surface area contributed by atoms with E-state index in [1.54, 1.807) is 31.2 Å². The Labute approximate surface area is 152 Å². The molecular weight excluding hydrogens is 366 g/mol. The number of sulfone groups is 1. The highest BCUT2D eigenvalue weighted by Crippen LogP contribution is 2.18. The summed E-state index contributed by atoms with van der Waals surface area (Å²) >= 11 is 5.98. The van der Waals surface area contributed by atoms with Crippen molar-refractivity contribution < 1.29 is 22.7 Å². The Morgan fingerprint density at radius 1 is 1.36 bits per heavy atom. The van der Waals surface area contributed by atoms with Crippen LogP contribution >= 0.6 is 11.6 Å². The maximum Gasteiger partial charge on any atom is 0.331 e. The Morgan fingerprint density at radius 2 is 2.08 bits per heavy atom. The van der Waals surface area contributed by atoms with Crippen molar-refractivity contribution >= 4 is 39.4 Å². The first-order chi connectivity index (χ1) is 11.8.